The molecule has 0 aliphatic carbocycles. The molecule has 0 aliphatic heterocycles. The lowest BCUT2D eigenvalue weighted by molar-refractivity contribution is -0.112. The largest absolute Gasteiger partial charge is 0.489 e. The van der Waals surface area contributed by atoms with Gasteiger partial charge in [-0.1, -0.05) is 60.1 Å². The van der Waals surface area contributed by atoms with Gasteiger partial charge >= 0.3 is 0 Å². The van der Waals surface area contributed by atoms with Gasteiger partial charge in [0.15, 0.2) is 0 Å². The summed E-state index contributed by atoms with van der Waals surface area (Å²) in [5.74, 6) is 0.161. The Balaban J connectivity index is 1.72. The van der Waals surface area contributed by atoms with Crippen molar-refractivity contribution in [1.29, 1.82) is 5.26 Å². The average molecular weight is 403 g/mol. The second-order valence-electron chi connectivity index (χ2n) is 6.43. The fourth-order valence-corrected chi connectivity index (χ4v) is 2.80. The van der Waals surface area contributed by atoms with Crippen LogP contribution in [0.2, 0.25) is 5.02 Å². The highest BCUT2D eigenvalue weighted by atomic mass is 35.5. The number of hydrogen-bond donors (Lipinski definition) is 1. The van der Waals surface area contributed by atoms with E-state index in [0.29, 0.717) is 28.6 Å². The number of hydrogen-bond acceptors (Lipinski definition) is 3. The molecule has 0 radical (unpaired) electrons. The minimum atomic E-state index is -0.497. The van der Waals surface area contributed by atoms with Crippen molar-refractivity contribution in [2.45, 2.75) is 13.5 Å². The zero-order valence-electron chi connectivity index (χ0n) is 15.9. The maximum Gasteiger partial charge on any atom is 0.266 e. The molecule has 0 atom stereocenters. The summed E-state index contributed by atoms with van der Waals surface area (Å²) in [6.07, 6.45) is 1.53. The Bertz CT molecular complexity index is 1090. The van der Waals surface area contributed by atoms with E-state index in [2.05, 4.69) is 5.32 Å². The molecule has 3 rings (SSSR count). The number of halogens is 1. The number of ether oxygens (including phenoxy) is 1. The number of carbonyl (C=O) groups is 1. The summed E-state index contributed by atoms with van der Waals surface area (Å²) in [6.45, 7) is 2.31. The van der Waals surface area contributed by atoms with Crippen molar-refractivity contribution >= 4 is 29.3 Å². The van der Waals surface area contributed by atoms with E-state index in [1.54, 1.807) is 24.3 Å². The molecular formula is C24H19ClN2O2. The third-order valence-corrected chi connectivity index (χ3v) is 4.62. The number of benzene rings is 3. The van der Waals surface area contributed by atoms with E-state index in [-0.39, 0.29) is 5.57 Å². The van der Waals surface area contributed by atoms with Crippen molar-refractivity contribution in [1.82, 2.24) is 0 Å². The fraction of sp³-hybridized carbons (Fsp3) is 0.0833. The summed E-state index contributed by atoms with van der Waals surface area (Å²) in [4.78, 5) is 12.5. The second-order valence-corrected chi connectivity index (χ2v) is 6.84. The van der Waals surface area contributed by atoms with E-state index in [0.717, 1.165) is 11.1 Å². The smallest absolute Gasteiger partial charge is 0.266 e. The third kappa shape index (κ3) is 5.71. The highest BCUT2D eigenvalue weighted by molar-refractivity contribution is 6.31. The minimum Gasteiger partial charge on any atom is -0.489 e. The zero-order valence-corrected chi connectivity index (χ0v) is 16.6. The molecule has 0 fully saturated rings. The first kappa shape index (κ1) is 20.2. The van der Waals surface area contributed by atoms with E-state index >= 15 is 0 Å². The predicted octanol–water partition coefficient (Wildman–Crippen LogP) is 5.77. The van der Waals surface area contributed by atoms with Gasteiger partial charge in [-0.05, 0) is 54.0 Å². The van der Waals surface area contributed by atoms with E-state index in [1.807, 2.05) is 61.5 Å². The highest BCUT2D eigenvalue weighted by Gasteiger charge is 2.10. The molecule has 1 N–H and O–H groups in total. The first-order chi connectivity index (χ1) is 14.0. The van der Waals surface area contributed by atoms with Crippen LogP contribution in [0.4, 0.5) is 5.69 Å². The van der Waals surface area contributed by atoms with E-state index in [1.165, 1.54) is 6.08 Å². The molecule has 0 aliphatic rings. The van der Waals surface area contributed by atoms with E-state index in [9.17, 15) is 10.1 Å². The molecule has 0 unspecified atom stereocenters. The molecule has 0 spiro atoms. The van der Waals surface area contributed by atoms with Gasteiger partial charge in [0.05, 0.1) is 0 Å². The number of nitrogens with one attached hydrogen (secondary N) is 1. The lowest BCUT2D eigenvalue weighted by Gasteiger charge is -2.08. The minimum absolute atomic E-state index is 0.0121. The molecule has 0 bridgehead atoms. The molecule has 3 aromatic rings. The summed E-state index contributed by atoms with van der Waals surface area (Å²) in [5.41, 5.74) is 3.19. The molecule has 5 heteroatoms. The third-order valence-electron chi connectivity index (χ3n) is 4.21. The SMILES string of the molecule is Cc1ccc(NC(=O)/C(C#N)=C\c2cccc(OCc3ccccc3)c2)cc1Cl. The molecule has 0 heterocycles. The van der Waals surface area contributed by atoms with Gasteiger partial charge in [0.25, 0.3) is 5.91 Å². The number of nitrogens with zero attached hydrogens (tertiary/aromatic N) is 1. The number of rotatable bonds is 6. The summed E-state index contributed by atoms with van der Waals surface area (Å²) < 4.78 is 5.80. The predicted molar refractivity (Wildman–Crippen MR) is 116 cm³/mol. The Morgan fingerprint density at radius 2 is 1.90 bits per heavy atom. The van der Waals surface area contributed by atoms with Gasteiger partial charge in [0.1, 0.15) is 24.0 Å². The van der Waals surface area contributed by atoms with Crippen LogP contribution in [0.5, 0.6) is 5.75 Å². The van der Waals surface area contributed by atoms with Gasteiger partial charge in [0.2, 0.25) is 0 Å². The van der Waals surface area contributed by atoms with Crippen LogP contribution in [0.3, 0.4) is 0 Å². The summed E-state index contributed by atoms with van der Waals surface area (Å²) >= 11 is 6.09. The van der Waals surface area contributed by atoms with Gasteiger partial charge in [-0.15, -0.1) is 0 Å². The molecule has 1 amide bonds. The van der Waals surface area contributed by atoms with Gasteiger partial charge in [-0.3, -0.25) is 4.79 Å². The van der Waals surface area contributed by atoms with Crippen molar-refractivity contribution in [3.63, 3.8) is 0 Å². The number of amides is 1. The molecule has 0 saturated carbocycles. The monoisotopic (exact) mass is 402 g/mol. The number of carbonyl (C=O) groups excluding carboxylic acids is 1. The highest BCUT2D eigenvalue weighted by Crippen LogP contribution is 2.21. The lowest BCUT2D eigenvalue weighted by atomic mass is 10.1. The lowest BCUT2D eigenvalue weighted by Crippen LogP contribution is -2.13. The number of anilines is 1. The van der Waals surface area contributed by atoms with Crippen LogP contribution in [0, 0.1) is 18.3 Å². The van der Waals surface area contributed by atoms with Crippen LogP contribution in [0.15, 0.2) is 78.4 Å². The molecule has 144 valence electrons. The van der Waals surface area contributed by atoms with Gasteiger partial charge < -0.3 is 10.1 Å². The van der Waals surface area contributed by atoms with Crippen LogP contribution in [-0.4, -0.2) is 5.91 Å². The molecule has 3 aromatic carbocycles. The van der Waals surface area contributed by atoms with Gasteiger partial charge in [-0.25, -0.2) is 0 Å². The van der Waals surface area contributed by atoms with E-state index in [4.69, 9.17) is 16.3 Å². The standard InChI is InChI=1S/C24H19ClN2O2/c1-17-10-11-21(14-23(17)25)27-24(28)20(15-26)12-19-8-5-9-22(13-19)29-16-18-6-3-2-4-7-18/h2-14H,16H2,1H3,(H,27,28)/b20-12-. The summed E-state index contributed by atoms with van der Waals surface area (Å²) in [7, 11) is 0. The first-order valence-corrected chi connectivity index (χ1v) is 9.39. The Morgan fingerprint density at radius 1 is 1.10 bits per heavy atom. The van der Waals surface area contributed by atoms with Crippen molar-refractivity contribution < 1.29 is 9.53 Å². The van der Waals surface area contributed by atoms with Crippen LogP contribution < -0.4 is 10.1 Å². The zero-order chi connectivity index (χ0) is 20.6. The summed E-state index contributed by atoms with van der Waals surface area (Å²) in [5, 5.41) is 12.7. The maximum atomic E-state index is 12.5. The number of nitriles is 1. The fourth-order valence-electron chi connectivity index (χ4n) is 2.62. The molecule has 0 saturated heterocycles. The van der Waals surface area contributed by atoms with Crippen LogP contribution in [0.25, 0.3) is 6.08 Å². The molecule has 29 heavy (non-hydrogen) atoms. The first-order valence-electron chi connectivity index (χ1n) is 9.01. The summed E-state index contributed by atoms with van der Waals surface area (Å²) in [6, 6.07) is 24.2. The Hall–Kier alpha value is -3.55. The van der Waals surface area contributed by atoms with Crippen molar-refractivity contribution in [3.8, 4) is 11.8 Å². The van der Waals surface area contributed by atoms with Crippen LogP contribution >= 0.6 is 11.6 Å². The van der Waals surface area contributed by atoms with Crippen molar-refractivity contribution in [2.24, 2.45) is 0 Å². The Kier molecular flexibility index (Phi) is 6.67. The van der Waals surface area contributed by atoms with Crippen LogP contribution in [0.1, 0.15) is 16.7 Å². The van der Waals surface area contributed by atoms with Crippen LogP contribution in [-0.2, 0) is 11.4 Å². The van der Waals surface area contributed by atoms with Gasteiger partial charge in [0, 0.05) is 10.7 Å². The second kappa shape index (κ2) is 9.59. The Morgan fingerprint density at radius 3 is 2.62 bits per heavy atom. The average Bonchev–Trinajstić information content (AvgIpc) is 2.74. The Labute approximate surface area is 175 Å². The van der Waals surface area contributed by atoms with Crippen molar-refractivity contribution in [3.05, 3.63) is 100 Å². The van der Waals surface area contributed by atoms with Crippen molar-refractivity contribution in [2.75, 3.05) is 5.32 Å². The quantitative estimate of drug-likeness (QED) is 0.420. The topological polar surface area (TPSA) is 62.1 Å². The normalized spacial score (nSPS) is 10.9. The number of aryl methyl sites for hydroxylation is 1. The maximum absolute atomic E-state index is 12.5. The van der Waals surface area contributed by atoms with Gasteiger partial charge in [-0.2, -0.15) is 5.26 Å². The molecule has 0 aromatic heterocycles. The van der Waals surface area contributed by atoms with E-state index < -0.39 is 5.91 Å². The molecular weight excluding hydrogens is 384 g/mol. The molecule has 4 nitrogen and oxygen atoms in total.